The van der Waals surface area contributed by atoms with E-state index >= 15 is 0 Å². The first-order valence-electron chi connectivity index (χ1n) is 3.91. The number of rotatable bonds is 2. The van der Waals surface area contributed by atoms with Crippen molar-refractivity contribution in [1.82, 2.24) is 4.98 Å². The highest BCUT2D eigenvalue weighted by Crippen LogP contribution is 2.27. The van der Waals surface area contributed by atoms with Gasteiger partial charge in [-0.1, -0.05) is 12.1 Å². The minimum Gasteiger partial charge on any atom is -0.451 e. The molecule has 0 amide bonds. The van der Waals surface area contributed by atoms with Crippen molar-refractivity contribution in [1.29, 1.82) is 0 Å². The topological polar surface area (TPSA) is 69.2 Å². The molecule has 70 valence electrons. The van der Waals surface area contributed by atoms with Gasteiger partial charge in [0.15, 0.2) is 6.39 Å². The van der Waals surface area contributed by atoms with Gasteiger partial charge in [-0.25, -0.2) is 4.98 Å². The molecule has 5 heteroatoms. The summed E-state index contributed by atoms with van der Waals surface area (Å²) in [5.41, 5.74) is 0.963. The zero-order valence-corrected chi connectivity index (χ0v) is 7.08. The Labute approximate surface area is 79.2 Å². The molecule has 0 fully saturated rings. The van der Waals surface area contributed by atoms with Crippen molar-refractivity contribution < 1.29 is 9.34 Å². The molecule has 0 spiro atoms. The van der Waals surface area contributed by atoms with Crippen molar-refractivity contribution in [3.8, 4) is 11.3 Å². The van der Waals surface area contributed by atoms with Crippen molar-refractivity contribution in [2.75, 3.05) is 0 Å². The summed E-state index contributed by atoms with van der Waals surface area (Å²) in [6, 6.07) is 6.40. The van der Waals surface area contributed by atoms with Crippen LogP contribution in [0.4, 0.5) is 5.69 Å². The minimum absolute atomic E-state index is 0.0291. The fourth-order valence-corrected chi connectivity index (χ4v) is 1.19. The highest BCUT2D eigenvalue weighted by atomic mass is 16.6. The van der Waals surface area contributed by atoms with Crippen LogP contribution in [0.2, 0.25) is 0 Å². The van der Waals surface area contributed by atoms with Crippen molar-refractivity contribution in [3.05, 3.63) is 47.0 Å². The van der Waals surface area contributed by atoms with Crippen LogP contribution in [0.15, 0.2) is 41.3 Å². The summed E-state index contributed by atoms with van der Waals surface area (Å²) in [7, 11) is 0. The Bertz CT molecular complexity index is 451. The van der Waals surface area contributed by atoms with Crippen LogP contribution in [0.25, 0.3) is 11.3 Å². The van der Waals surface area contributed by atoms with E-state index in [-0.39, 0.29) is 5.69 Å². The number of para-hydroxylation sites is 1. The van der Waals surface area contributed by atoms with Gasteiger partial charge < -0.3 is 4.42 Å². The summed E-state index contributed by atoms with van der Waals surface area (Å²) in [5.74, 6) is 0. The zero-order chi connectivity index (χ0) is 9.97. The lowest BCUT2D eigenvalue weighted by Crippen LogP contribution is -1.91. The summed E-state index contributed by atoms with van der Waals surface area (Å²) in [6.45, 7) is 0. The SMILES string of the molecule is O=[N+]([O-])c1ccccc1-c1cocn1. The fourth-order valence-electron chi connectivity index (χ4n) is 1.19. The molecule has 5 nitrogen and oxygen atoms in total. The molecule has 0 N–H and O–H groups in total. The third kappa shape index (κ3) is 1.35. The second-order valence-corrected chi connectivity index (χ2v) is 2.65. The van der Waals surface area contributed by atoms with E-state index in [1.54, 1.807) is 18.2 Å². The Hall–Kier alpha value is -2.17. The van der Waals surface area contributed by atoms with E-state index in [1.807, 2.05) is 0 Å². The monoisotopic (exact) mass is 190 g/mol. The smallest absolute Gasteiger partial charge is 0.278 e. The average molecular weight is 190 g/mol. The van der Waals surface area contributed by atoms with E-state index in [0.29, 0.717) is 11.3 Å². The van der Waals surface area contributed by atoms with Crippen LogP contribution < -0.4 is 0 Å². The molecule has 2 rings (SSSR count). The van der Waals surface area contributed by atoms with Gasteiger partial charge in [-0.3, -0.25) is 10.1 Å². The van der Waals surface area contributed by atoms with E-state index in [4.69, 9.17) is 4.42 Å². The van der Waals surface area contributed by atoms with E-state index in [1.165, 1.54) is 18.7 Å². The number of oxazole rings is 1. The van der Waals surface area contributed by atoms with Crippen molar-refractivity contribution in [2.24, 2.45) is 0 Å². The van der Waals surface area contributed by atoms with Crippen LogP contribution in [-0.2, 0) is 0 Å². The summed E-state index contributed by atoms with van der Waals surface area (Å²) < 4.78 is 4.77. The second-order valence-electron chi connectivity index (χ2n) is 2.65. The molecule has 1 aromatic heterocycles. The van der Waals surface area contributed by atoms with Gasteiger partial charge in [0, 0.05) is 6.07 Å². The molecule has 0 aliphatic heterocycles. The lowest BCUT2D eigenvalue weighted by molar-refractivity contribution is -0.384. The predicted octanol–water partition coefficient (Wildman–Crippen LogP) is 2.25. The molecular weight excluding hydrogens is 184 g/mol. The standard InChI is InChI=1S/C9H6N2O3/c12-11(13)9-4-2-1-3-7(9)8-5-14-6-10-8/h1-6H. The number of hydrogen-bond donors (Lipinski definition) is 0. The van der Waals surface area contributed by atoms with E-state index in [9.17, 15) is 10.1 Å². The Kier molecular flexibility index (Phi) is 1.98. The summed E-state index contributed by atoms with van der Waals surface area (Å²) in [5, 5.41) is 10.7. The van der Waals surface area contributed by atoms with Crippen LogP contribution in [0.5, 0.6) is 0 Å². The fraction of sp³-hybridized carbons (Fsp3) is 0. The molecule has 0 unspecified atom stereocenters. The van der Waals surface area contributed by atoms with Crippen LogP contribution in [-0.4, -0.2) is 9.91 Å². The van der Waals surface area contributed by atoms with Gasteiger partial charge in [0.1, 0.15) is 12.0 Å². The van der Waals surface area contributed by atoms with Crippen molar-refractivity contribution in [2.45, 2.75) is 0 Å². The highest BCUT2D eigenvalue weighted by molar-refractivity contribution is 5.69. The van der Waals surface area contributed by atoms with Gasteiger partial charge in [0.2, 0.25) is 0 Å². The molecular formula is C9H6N2O3. The number of nitrogens with zero attached hydrogens (tertiary/aromatic N) is 2. The molecule has 0 atom stereocenters. The largest absolute Gasteiger partial charge is 0.451 e. The molecule has 0 saturated heterocycles. The van der Waals surface area contributed by atoms with Crippen molar-refractivity contribution >= 4 is 5.69 Å². The maximum atomic E-state index is 10.7. The number of benzene rings is 1. The van der Waals surface area contributed by atoms with E-state index < -0.39 is 4.92 Å². The first-order valence-corrected chi connectivity index (χ1v) is 3.91. The Morgan fingerprint density at radius 1 is 1.36 bits per heavy atom. The normalized spacial score (nSPS) is 10.0. The van der Waals surface area contributed by atoms with Gasteiger partial charge in [-0.05, 0) is 6.07 Å². The lowest BCUT2D eigenvalue weighted by Gasteiger charge is -1.96. The molecule has 0 aliphatic rings. The van der Waals surface area contributed by atoms with Gasteiger partial charge in [-0.2, -0.15) is 0 Å². The van der Waals surface area contributed by atoms with Gasteiger partial charge in [-0.15, -0.1) is 0 Å². The third-order valence-electron chi connectivity index (χ3n) is 1.81. The zero-order valence-electron chi connectivity index (χ0n) is 7.08. The summed E-state index contributed by atoms with van der Waals surface area (Å²) >= 11 is 0. The van der Waals surface area contributed by atoms with E-state index in [0.717, 1.165) is 0 Å². The minimum atomic E-state index is -0.440. The number of hydrogen-bond acceptors (Lipinski definition) is 4. The Balaban J connectivity index is 2.58. The molecule has 1 heterocycles. The molecule has 14 heavy (non-hydrogen) atoms. The summed E-state index contributed by atoms with van der Waals surface area (Å²) in [4.78, 5) is 14.1. The lowest BCUT2D eigenvalue weighted by atomic mass is 10.1. The van der Waals surface area contributed by atoms with Crippen LogP contribution >= 0.6 is 0 Å². The third-order valence-corrected chi connectivity index (χ3v) is 1.81. The molecule has 0 bridgehead atoms. The van der Waals surface area contributed by atoms with Crippen LogP contribution in [0, 0.1) is 10.1 Å². The molecule has 0 saturated carbocycles. The Morgan fingerprint density at radius 3 is 2.79 bits per heavy atom. The molecule has 1 aromatic carbocycles. The van der Waals surface area contributed by atoms with Gasteiger partial charge in [0.05, 0.1) is 10.5 Å². The predicted molar refractivity (Wildman–Crippen MR) is 48.6 cm³/mol. The molecule has 2 aromatic rings. The molecule has 0 aliphatic carbocycles. The van der Waals surface area contributed by atoms with Crippen LogP contribution in [0.1, 0.15) is 0 Å². The Morgan fingerprint density at radius 2 is 2.14 bits per heavy atom. The quantitative estimate of drug-likeness (QED) is 0.537. The van der Waals surface area contributed by atoms with Crippen LogP contribution in [0.3, 0.4) is 0 Å². The number of aromatic nitrogens is 1. The summed E-state index contributed by atoms with van der Waals surface area (Å²) in [6.07, 6.45) is 2.62. The first kappa shape index (κ1) is 8.43. The van der Waals surface area contributed by atoms with Gasteiger partial charge in [0.25, 0.3) is 5.69 Å². The first-order chi connectivity index (χ1) is 6.79. The maximum Gasteiger partial charge on any atom is 0.278 e. The van der Waals surface area contributed by atoms with Crippen molar-refractivity contribution in [3.63, 3.8) is 0 Å². The maximum absolute atomic E-state index is 10.7. The molecule has 0 radical (unpaired) electrons. The second kappa shape index (κ2) is 3.29. The number of nitro benzene ring substituents is 1. The average Bonchev–Trinajstić information content (AvgIpc) is 2.70. The van der Waals surface area contributed by atoms with Gasteiger partial charge >= 0.3 is 0 Å². The number of nitro groups is 1. The van der Waals surface area contributed by atoms with E-state index in [2.05, 4.69) is 4.98 Å². The highest BCUT2D eigenvalue weighted by Gasteiger charge is 2.15.